The van der Waals surface area contributed by atoms with Gasteiger partial charge in [-0.25, -0.2) is 9.78 Å². The first kappa shape index (κ1) is 28.0. The fraction of sp³-hybridized carbons (Fsp3) is 0.400. The zero-order valence-electron chi connectivity index (χ0n) is 21.3. The molecule has 2 amide bonds. The van der Waals surface area contributed by atoms with Crippen LogP contribution >= 0.6 is 22.7 Å². The molecule has 0 spiro atoms. The monoisotopic (exact) mass is 578 g/mol. The largest absolute Gasteiger partial charge is 0.444 e. The Morgan fingerprint density at radius 2 is 1.84 bits per heavy atom. The third-order valence-corrected chi connectivity index (χ3v) is 8.05. The van der Waals surface area contributed by atoms with Gasteiger partial charge in [0.1, 0.15) is 5.60 Å². The molecule has 0 radical (unpaired) electrons. The van der Waals surface area contributed by atoms with Crippen molar-refractivity contribution < 1.29 is 27.3 Å². The average Bonchev–Trinajstić information content (AvgIpc) is 3.53. The van der Waals surface area contributed by atoms with E-state index in [-0.39, 0.29) is 30.2 Å². The van der Waals surface area contributed by atoms with Crippen molar-refractivity contribution in [3.63, 3.8) is 0 Å². The zero-order valence-corrected chi connectivity index (χ0v) is 23.7. The van der Waals surface area contributed by atoms with Gasteiger partial charge in [0.05, 0.1) is 22.8 Å². The summed E-state index contributed by atoms with van der Waals surface area (Å²) in [7, 11) is -4.38. The molecule has 4 rings (SSSR count). The number of carbonyl (C=O) groups is 2. The van der Waals surface area contributed by atoms with Crippen LogP contribution in [0.1, 0.15) is 39.2 Å². The minimum atomic E-state index is -4.38. The van der Waals surface area contributed by atoms with Gasteiger partial charge in [-0.05, 0) is 62.8 Å². The van der Waals surface area contributed by atoms with Gasteiger partial charge in [-0.3, -0.25) is 19.0 Å². The van der Waals surface area contributed by atoms with Crippen molar-refractivity contribution in [2.45, 2.75) is 45.8 Å². The molecule has 3 heterocycles. The topological polar surface area (TPSA) is 129 Å². The van der Waals surface area contributed by atoms with Gasteiger partial charge in [0, 0.05) is 24.4 Å². The maximum atomic E-state index is 13.8. The lowest BCUT2D eigenvalue weighted by Crippen LogP contribution is -2.45. The van der Waals surface area contributed by atoms with E-state index in [1.165, 1.54) is 23.5 Å². The van der Waals surface area contributed by atoms with Crippen molar-refractivity contribution in [3.8, 4) is 10.6 Å². The molecule has 0 saturated carbocycles. The van der Waals surface area contributed by atoms with Crippen LogP contribution in [0.3, 0.4) is 0 Å². The highest BCUT2D eigenvalue weighted by molar-refractivity contribution is 7.87. The van der Waals surface area contributed by atoms with Crippen LogP contribution in [0.15, 0.2) is 47.2 Å². The molecule has 0 atom stereocenters. The lowest BCUT2D eigenvalue weighted by atomic mass is 9.95. The van der Waals surface area contributed by atoms with Crippen LogP contribution in [0, 0.1) is 5.92 Å². The summed E-state index contributed by atoms with van der Waals surface area (Å²) in [4.78, 5) is 35.3. The number of thiazole rings is 1. The number of nitrogens with zero attached hydrogens (tertiary/aromatic N) is 3. The van der Waals surface area contributed by atoms with E-state index in [9.17, 15) is 18.0 Å². The number of rotatable bonds is 7. The second-order valence-corrected chi connectivity index (χ2v) is 12.9. The molecule has 1 aliphatic heterocycles. The SMILES string of the molecule is CC(C)(C)OC(=O)N1CCC(C(=O)N(Cc2ccc(NS(=O)(=O)O)cc2)c2nc(-c3cccs3)cs2)CC1. The van der Waals surface area contributed by atoms with Crippen LogP contribution in [-0.4, -0.2) is 53.5 Å². The molecule has 204 valence electrons. The van der Waals surface area contributed by atoms with Crippen LogP contribution in [0.4, 0.5) is 15.6 Å². The second-order valence-electron chi connectivity index (χ2n) is 9.93. The summed E-state index contributed by atoms with van der Waals surface area (Å²) in [5.74, 6) is -0.371. The number of hydrogen-bond acceptors (Lipinski definition) is 8. The molecular formula is C25H30N4O6S3. The number of hydrogen-bond donors (Lipinski definition) is 2. The van der Waals surface area contributed by atoms with Crippen LogP contribution in [0.2, 0.25) is 0 Å². The Labute approximate surface area is 230 Å². The molecule has 13 heteroatoms. The maximum absolute atomic E-state index is 13.8. The minimum absolute atomic E-state index is 0.0824. The van der Waals surface area contributed by atoms with Crippen molar-refractivity contribution in [3.05, 3.63) is 52.7 Å². The number of nitrogens with one attached hydrogen (secondary N) is 1. The van der Waals surface area contributed by atoms with Gasteiger partial charge in [-0.1, -0.05) is 18.2 Å². The van der Waals surface area contributed by atoms with Crippen LogP contribution in [0.5, 0.6) is 0 Å². The van der Waals surface area contributed by atoms with Crippen molar-refractivity contribution in [2.75, 3.05) is 22.7 Å². The van der Waals surface area contributed by atoms with Gasteiger partial charge in [0.15, 0.2) is 5.13 Å². The van der Waals surface area contributed by atoms with E-state index in [0.29, 0.717) is 31.1 Å². The maximum Gasteiger partial charge on any atom is 0.410 e. The van der Waals surface area contributed by atoms with Crippen molar-refractivity contribution in [1.82, 2.24) is 9.88 Å². The van der Waals surface area contributed by atoms with Gasteiger partial charge in [-0.15, -0.1) is 22.7 Å². The predicted octanol–water partition coefficient (Wildman–Crippen LogP) is 5.27. The molecule has 1 saturated heterocycles. The summed E-state index contributed by atoms with van der Waals surface area (Å²) in [5.41, 5.74) is 1.18. The summed E-state index contributed by atoms with van der Waals surface area (Å²) in [6, 6.07) is 10.3. The molecule has 1 fully saturated rings. The summed E-state index contributed by atoms with van der Waals surface area (Å²) in [5, 5.41) is 4.46. The molecule has 1 aromatic carbocycles. The molecule has 0 bridgehead atoms. The Hall–Kier alpha value is -3.00. The Bertz CT molecular complexity index is 1360. The molecule has 2 N–H and O–H groups in total. The van der Waals surface area contributed by atoms with Crippen molar-refractivity contribution >= 4 is 55.8 Å². The normalized spacial score (nSPS) is 14.8. The second kappa shape index (κ2) is 11.4. The third-order valence-electron chi connectivity index (χ3n) is 5.80. The zero-order chi connectivity index (χ0) is 27.5. The summed E-state index contributed by atoms with van der Waals surface area (Å²) < 4.78 is 38.7. The number of aromatic nitrogens is 1. The lowest BCUT2D eigenvalue weighted by molar-refractivity contribution is -0.124. The average molecular weight is 579 g/mol. The van der Waals surface area contributed by atoms with Crippen molar-refractivity contribution in [1.29, 1.82) is 0 Å². The van der Waals surface area contributed by atoms with E-state index >= 15 is 0 Å². The van der Waals surface area contributed by atoms with Crippen LogP contribution in [-0.2, 0) is 26.4 Å². The number of amides is 2. The summed E-state index contributed by atoms with van der Waals surface area (Å²) in [6.07, 6.45) is 0.642. The molecule has 2 aromatic heterocycles. The minimum Gasteiger partial charge on any atom is -0.444 e. The highest BCUT2D eigenvalue weighted by atomic mass is 32.2. The number of piperidine rings is 1. The number of likely N-dealkylation sites (tertiary alicyclic amines) is 1. The molecule has 10 nitrogen and oxygen atoms in total. The third kappa shape index (κ3) is 7.53. The Kier molecular flexibility index (Phi) is 8.40. The highest BCUT2D eigenvalue weighted by Crippen LogP contribution is 2.33. The lowest BCUT2D eigenvalue weighted by Gasteiger charge is -2.34. The summed E-state index contributed by atoms with van der Waals surface area (Å²) >= 11 is 2.95. The number of ether oxygens (including phenoxy) is 1. The van der Waals surface area contributed by atoms with E-state index in [0.717, 1.165) is 16.1 Å². The van der Waals surface area contributed by atoms with Gasteiger partial charge >= 0.3 is 16.4 Å². The Morgan fingerprint density at radius 1 is 1.16 bits per heavy atom. The molecule has 3 aromatic rings. The Morgan fingerprint density at radius 3 is 2.42 bits per heavy atom. The molecule has 0 aliphatic carbocycles. The molecule has 38 heavy (non-hydrogen) atoms. The van der Waals surface area contributed by atoms with Gasteiger partial charge in [0.2, 0.25) is 5.91 Å². The van der Waals surface area contributed by atoms with Crippen molar-refractivity contribution in [2.24, 2.45) is 5.92 Å². The van der Waals surface area contributed by atoms with E-state index < -0.39 is 15.9 Å². The molecule has 0 unspecified atom stereocenters. The van der Waals surface area contributed by atoms with E-state index in [4.69, 9.17) is 14.3 Å². The standard InChI is InChI=1S/C25H30N4O6S3/c1-25(2,3)35-24(31)28-12-10-18(11-13-28)22(30)29(23-26-20(16-37-23)21-5-4-14-36-21)15-17-6-8-19(9-7-17)27-38(32,33)34/h4-9,14,16,18,27H,10-13,15H2,1-3H3,(H,32,33,34). The fourth-order valence-corrected chi connectivity index (χ4v) is 6.06. The molecule has 1 aliphatic rings. The molecular weight excluding hydrogens is 548 g/mol. The first-order chi connectivity index (χ1) is 17.9. The van der Waals surface area contributed by atoms with Crippen LogP contribution < -0.4 is 9.62 Å². The van der Waals surface area contributed by atoms with Gasteiger partial charge < -0.3 is 9.64 Å². The van der Waals surface area contributed by atoms with E-state index in [1.807, 2.05) is 48.4 Å². The van der Waals surface area contributed by atoms with E-state index in [2.05, 4.69) is 0 Å². The van der Waals surface area contributed by atoms with E-state index in [1.54, 1.807) is 33.3 Å². The number of carbonyl (C=O) groups excluding carboxylic acids is 2. The van der Waals surface area contributed by atoms with Gasteiger partial charge in [0.25, 0.3) is 0 Å². The number of anilines is 2. The number of thiophene rings is 1. The van der Waals surface area contributed by atoms with Crippen LogP contribution in [0.25, 0.3) is 10.6 Å². The number of benzene rings is 1. The smallest absolute Gasteiger partial charge is 0.410 e. The summed E-state index contributed by atoms with van der Waals surface area (Å²) in [6.45, 7) is 6.55. The quantitative estimate of drug-likeness (QED) is 0.366. The van der Waals surface area contributed by atoms with Gasteiger partial charge in [-0.2, -0.15) is 8.42 Å². The predicted molar refractivity (Wildman–Crippen MR) is 149 cm³/mol. The highest BCUT2D eigenvalue weighted by Gasteiger charge is 2.33. The first-order valence-corrected chi connectivity index (χ1v) is 15.2. The first-order valence-electron chi connectivity index (χ1n) is 12.0. The fourth-order valence-electron chi connectivity index (χ4n) is 4.03. The Balaban J connectivity index is 1.52.